The van der Waals surface area contributed by atoms with Gasteiger partial charge in [0.25, 0.3) is 0 Å². The van der Waals surface area contributed by atoms with Crippen LogP contribution in [0.4, 0.5) is 4.39 Å². The van der Waals surface area contributed by atoms with Crippen LogP contribution < -0.4 is 0 Å². The lowest BCUT2D eigenvalue weighted by molar-refractivity contribution is -0.132. The number of aliphatic hydroxyl groups excluding tert-OH is 1. The average Bonchev–Trinajstić information content (AvgIpc) is 3.15. The third-order valence-electron chi connectivity index (χ3n) is 3.97. The molecule has 2 atom stereocenters. The van der Waals surface area contributed by atoms with E-state index < -0.39 is 6.10 Å². The molecule has 5 nitrogen and oxygen atoms in total. The number of rotatable bonds is 4. The molecular formula is C16H18FN3O2. The van der Waals surface area contributed by atoms with Gasteiger partial charge in [-0.05, 0) is 30.2 Å². The fourth-order valence-electron chi connectivity index (χ4n) is 2.88. The minimum atomic E-state index is -0.538. The molecule has 1 fully saturated rings. The molecule has 1 aromatic carbocycles. The summed E-state index contributed by atoms with van der Waals surface area (Å²) in [5.74, 6) is -0.333. The molecule has 2 aromatic rings. The molecule has 3 rings (SSSR count). The number of β-amino-alcohol motifs (C(OH)–C–C–N with tert-alkyl or cyclic N) is 1. The second-order valence-electron chi connectivity index (χ2n) is 5.52. The van der Waals surface area contributed by atoms with Gasteiger partial charge >= 0.3 is 0 Å². The van der Waals surface area contributed by atoms with Crippen LogP contribution in [-0.4, -0.2) is 38.3 Å². The van der Waals surface area contributed by atoms with Crippen LogP contribution in [0.2, 0.25) is 0 Å². The average molecular weight is 303 g/mol. The first kappa shape index (κ1) is 14.7. The number of nitrogens with zero attached hydrogens (tertiary/aromatic N) is 3. The Morgan fingerprint density at radius 1 is 1.36 bits per heavy atom. The summed E-state index contributed by atoms with van der Waals surface area (Å²) in [7, 11) is 0. The van der Waals surface area contributed by atoms with Crippen LogP contribution in [0, 0.1) is 5.82 Å². The Bertz CT molecular complexity index is 627. The summed E-state index contributed by atoms with van der Waals surface area (Å²) in [6, 6.07) is 7.72. The molecule has 0 spiro atoms. The van der Waals surface area contributed by atoms with Gasteiger partial charge in [0.15, 0.2) is 0 Å². The number of hydrogen-bond acceptors (Lipinski definition) is 3. The van der Waals surface area contributed by atoms with Gasteiger partial charge < -0.3 is 10.0 Å². The number of aromatic nitrogens is 2. The molecule has 1 amide bonds. The molecule has 0 saturated carbocycles. The number of benzene rings is 1. The zero-order valence-corrected chi connectivity index (χ0v) is 12.1. The fraction of sp³-hybridized carbons (Fsp3) is 0.375. The summed E-state index contributed by atoms with van der Waals surface area (Å²) in [6.45, 7) is 0.828. The summed E-state index contributed by atoms with van der Waals surface area (Å²) < 4.78 is 14.7. The van der Waals surface area contributed by atoms with E-state index >= 15 is 0 Å². The second-order valence-corrected chi connectivity index (χ2v) is 5.52. The molecule has 1 N–H and O–H groups in total. The quantitative estimate of drug-likeness (QED) is 0.936. The summed E-state index contributed by atoms with van der Waals surface area (Å²) in [4.78, 5) is 14.1. The highest BCUT2D eigenvalue weighted by Crippen LogP contribution is 2.32. The van der Waals surface area contributed by atoms with E-state index in [4.69, 9.17) is 0 Å². The van der Waals surface area contributed by atoms with Crippen LogP contribution in [0.1, 0.15) is 24.4 Å². The molecule has 1 aliphatic rings. The highest BCUT2D eigenvalue weighted by molar-refractivity contribution is 5.77. The number of aryl methyl sites for hydroxylation is 1. The maximum absolute atomic E-state index is 13.0. The van der Waals surface area contributed by atoms with Crippen LogP contribution in [0.5, 0.6) is 0 Å². The monoisotopic (exact) mass is 303 g/mol. The number of hydrogen-bond donors (Lipinski definition) is 1. The van der Waals surface area contributed by atoms with Crippen LogP contribution in [0.3, 0.4) is 0 Å². The smallest absolute Gasteiger partial charge is 0.225 e. The molecular weight excluding hydrogens is 285 g/mol. The molecule has 0 unspecified atom stereocenters. The molecule has 0 aliphatic carbocycles. The normalized spacial score (nSPS) is 21.3. The lowest BCUT2D eigenvalue weighted by Gasteiger charge is -2.25. The number of amides is 1. The number of halogens is 1. The van der Waals surface area contributed by atoms with Crippen molar-refractivity contribution in [2.45, 2.75) is 31.5 Å². The first-order valence-electron chi connectivity index (χ1n) is 7.34. The zero-order valence-electron chi connectivity index (χ0n) is 12.1. The Hall–Kier alpha value is -2.21. The molecule has 116 valence electrons. The van der Waals surface area contributed by atoms with E-state index in [2.05, 4.69) is 5.10 Å². The first-order chi connectivity index (χ1) is 10.6. The standard InChI is InChI=1S/C16H18FN3O2/c17-13-4-2-12(3-5-13)15-10-14(21)11-20(15)16(22)6-9-19-8-1-7-18-19/h1-5,7-8,14-15,21H,6,9-11H2/t14-,15+/m1/s1. The SMILES string of the molecule is O=C(CCn1cccn1)N1C[C@H](O)C[C@H]1c1ccc(F)cc1. The number of carbonyl (C=O) groups excluding carboxylic acids is 1. The largest absolute Gasteiger partial charge is 0.391 e. The van der Waals surface area contributed by atoms with E-state index in [9.17, 15) is 14.3 Å². The maximum Gasteiger partial charge on any atom is 0.225 e. The first-order valence-corrected chi connectivity index (χ1v) is 7.34. The lowest BCUT2D eigenvalue weighted by Crippen LogP contribution is -2.32. The van der Waals surface area contributed by atoms with Crippen molar-refractivity contribution in [1.29, 1.82) is 0 Å². The van der Waals surface area contributed by atoms with Crippen LogP contribution in [-0.2, 0) is 11.3 Å². The minimum absolute atomic E-state index is 0.0265. The molecule has 6 heteroatoms. The van der Waals surface area contributed by atoms with E-state index in [1.54, 1.807) is 27.9 Å². The van der Waals surface area contributed by atoms with E-state index in [0.717, 1.165) is 5.56 Å². The summed E-state index contributed by atoms with van der Waals surface area (Å²) in [5.41, 5.74) is 0.852. The van der Waals surface area contributed by atoms with Gasteiger partial charge in [-0.3, -0.25) is 9.48 Å². The summed E-state index contributed by atoms with van der Waals surface area (Å²) in [5, 5.41) is 14.0. The number of likely N-dealkylation sites (tertiary alicyclic amines) is 1. The molecule has 0 bridgehead atoms. The van der Waals surface area contributed by atoms with Crippen molar-refractivity contribution in [3.05, 3.63) is 54.1 Å². The Kier molecular flexibility index (Phi) is 4.20. The van der Waals surface area contributed by atoms with Gasteiger partial charge in [0.05, 0.1) is 12.1 Å². The molecule has 1 aliphatic heterocycles. The number of carbonyl (C=O) groups is 1. The zero-order chi connectivity index (χ0) is 15.5. The van der Waals surface area contributed by atoms with Gasteiger partial charge in [-0.1, -0.05) is 12.1 Å². The summed E-state index contributed by atoms with van der Waals surface area (Å²) in [6.07, 6.45) is 3.75. The van der Waals surface area contributed by atoms with E-state index in [-0.39, 0.29) is 17.8 Å². The van der Waals surface area contributed by atoms with Gasteiger partial charge in [-0.15, -0.1) is 0 Å². The highest BCUT2D eigenvalue weighted by atomic mass is 19.1. The van der Waals surface area contributed by atoms with Crippen molar-refractivity contribution in [3.8, 4) is 0 Å². The minimum Gasteiger partial charge on any atom is -0.391 e. The van der Waals surface area contributed by atoms with Gasteiger partial charge in [0, 0.05) is 31.9 Å². The van der Waals surface area contributed by atoms with Gasteiger partial charge in [0.1, 0.15) is 5.82 Å². The Balaban J connectivity index is 1.69. The molecule has 0 radical (unpaired) electrons. The van der Waals surface area contributed by atoms with Gasteiger partial charge in [-0.25, -0.2) is 4.39 Å². The van der Waals surface area contributed by atoms with E-state index in [0.29, 0.717) is 25.9 Å². The van der Waals surface area contributed by atoms with Crippen molar-refractivity contribution < 1.29 is 14.3 Å². The van der Waals surface area contributed by atoms with Crippen molar-refractivity contribution in [1.82, 2.24) is 14.7 Å². The third kappa shape index (κ3) is 3.17. The molecule has 2 heterocycles. The van der Waals surface area contributed by atoms with Crippen molar-refractivity contribution in [3.63, 3.8) is 0 Å². The van der Waals surface area contributed by atoms with Gasteiger partial charge in [-0.2, -0.15) is 5.10 Å². The van der Waals surface area contributed by atoms with Crippen molar-refractivity contribution in [2.24, 2.45) is 0 Å². The van der Waals surface area contributed by atoms with Crippen molar-refractivity contribution in [2.75, 3.05) is 6.54 Å². The van der Waals surface area contributed by atoms with Crippen LogP contribution in [0.25, 0.3) is 0 Å². The topological polar surface area (TPSA) is 58.4 Å². The van der Waals surface area contributed by atoms with Crippen LogP contribution >= 0.6 is 0 Å². The molecule has 22 heavy (non-hydrogen) atoms. The summed E-state index contributed by atoms with van der Waals surface area (Å²) >= 11 is 0. The predicted molar refractivity (Wildman–Crippen MR) is 78.3 cm³/mol. The van der Waals surface area contributed by atoms with E-state index in [1.165, 1.54) is 12.1 Å². The number of aliphatic hydroxyl groups is 1. The predicted octanol–water partition coefficient (Wildman–Crippen LogP) is 1.75. The van der Waals surface area contributed by atoms with Gasteiger partial charge in [0.2, 0.25) is 5.91 Å². The van der Waals surface area contributed by atoms with Crippen LogP contribution in [0.15, 0.2) is 42.7 Å². The maximum atomic E-state index is 13.0. The second kappa shape index (κ2) is 6.27. The molecule has 1 saturated heterocycles. The Morgan fingerprint density at radius 3 is 2.82 bits per heavy atom. The Morgan fingerprint density at radius 2 is 2.14 bits per heavy atom. The Labute approximate surface area is 128 Å². The third-order valence-corrected chi connectivity index (χ3v) is 3.97. The molecule has 1 aromatic heterocycles. The fourth-order valence-corrected chi connectivity index (χ4v) is 2.88. The highest BCUT2D eigenvalue weighted by Gasteiger charge is 2.34. The lowest BCUT2D eigenvalue weighted by atomic mass is 10.0. The van der Waals surface area contributed by atoms with Crippen molar-refractivity contribution >= 4 is 5.91 Å². The van der Waals surface area contributed by atoms with E-state index in [1.807, 2.05) is 12.3 Å².